The Labute approximate surface area is 192 Å². The summed E-state index contributed by atoms with van der Waals surface area (Å²) in [6.45, 7) is 1.40. The van der Waals surface area contributed by atoms with E-state index in [0.717, 1.165) is 0 Å². The highest BCUT2D eigenvalue weighted by atomic mass is 79.9. The minimum absolute atomic E-state index is 0.0145. The normalized spacial score (nSPS) is 10.9. The van der Waals surface area contributed by atoms with E-state index < -0.39 is 21.9 Å². The van der Waals surface area contributed by atoms with Crippen LogP contribution in [-0.4, -0.2) is 31.2 Å². The molecule has 8 nitrogen and oxygen atoms in total. The number of benzene rings is 3. The van der Waals surface area contributed by atoms with Gasteiger partial charge in [0, 0.05) is 21.3 Å². The van der Waals surface area contributed by atoms with E-state index >= 15 is 0 Å². The van der Waals surface area contributed by atoms with E-state index in [1.807, 2.05) is 0 Å². The van der Waals surface area contributed by atoms with Crippen LogP contribution >= 0.6 is 15.9 Å². The van der Waals surface area contributed by atoms with Crippen molar-refractivity contribution in [3.8, 4) is 0 Å². The lowest BCUT2D eigenvalue weighted by Crippen LogP contribution is -2.17. The van der Waals surface area contributed by atoms with E-state index in [1.54, 1.807) is 6.07 Å². The number of hydrogen-bond acceptors (Lipinski definition) is 5. The summed E-state index contributed by atoms with van der Waals surface area (Å²) in [5.74, 6) is -2.03. The number of halogens is 1. The number of carboxylic acids is 1. The molecule has 0 spiro atoms. The Hall–Kier alpha value is -3.50. The van der Waals surface area contributed by atoms with E-state index in [0.29, 0.717) is 5.56 Å². The minimum atomic E-state index is -4.08. The van der Waals surface area contributed by atoms with Crippen molar-refractivity contribution in [3.63, 3.8) is 0 Å². The fourth-order valence-electron chi connectivity index (χ4n) is 2.81. The number of nitrogens with one attached hydrogen (secondary N) is 2. The molecule has 3 aromatic rings. The molecule has 3 N–H and O–H groups in total. The highest BCUT2D eigenvalue weighted by Gasteiger charge is 2.21. The van der Waals surface area contributed by atoms with Crippen molar-refractivity contribution in [2.24, 2.45) is 0 Å². The smallest absolute Gasteiger partial charge is 0.337 e. The largest absolute Gasteiger partial charge is 0.478 e. The van der Waals surface area contributed by atoms with Crippen LogP contribution in [0.3, 0.4) is 0 Å². The summed E-state index contributed by atoms with van der Waals surface area (Å²) in [6.07, 6.45) is 0. The van der Waals surface area contributed by atoms with E-state index in [1.165, 1.54) is 67.6 Å². The molecular formula is C22H17BrN2O6S. The molecule has 0 aliphatic rings. The van der Waals surface area contributed by atoms with Crippen LogP contribution in [0.1, 0.15) is 38.0 Å². The second kappa shape index (κ2) is 9.33. The zero-order valence-corrected chi connectivity index (χ0v) is 19.0. The van der Waals surface area contributed by atoms with Crippen LogP contribution in [-0.2, 0) is 10.0 Å². The van der Waals surface area contributed by atoms with E-state index in [-0.39, 0.29) is 37.7 Å². The van der Waals surface area contributed by atoms with Crippen molar-refractivity contribution in [1.82, 2.24) is 0 Å². The maximum atomic E-state index is 12.9. The molecular weight excluding hydrogens is 500 g/mol. The maximum Gasteiger partial charge on any atom is 0.337 e. The molecule has 0 radical (unpaired) electrons. The number of anilines is 2. The summed E-state index contributed by atoms with van der Waals surface area (Å²) in [4.78, 5) is 35.2. The molecule has 1 amide bonds. The molecule has 3 rings (SSSR count). The zero-order valence-electron chi connectivity index (χ0n) is 16.6. The number of hydrogen-bond donors (Lipinski definition) is 3. The van der Waals surface area contributed by atoms with Gasteiger partial charge >= 0.3 is 5.97 Å². The first-order valence-electron chi connectivity index (χ1n) is 9.15. The Morgan fingerprint density at radius 1 is 0.906 bits per heavy atom. The Kier molecular flexibility index (Phi) is 6.75. The third-order valence-electron chi connectivity index (χ3n) is 4.43. The van der Waals surface area contributed by atoms with Crippen molar-refractivity contribution < 1.29 is 27.9 Å². The van der Waals surface area contributed by atoms with Crippen molar-refractivity contribution in [2.75, 3.05) is 10.0 Å². The average Bonchev–Trinajstić information content (AvgIpc) is 2.74. The summed E-state index contributed by atoms with van der Waals surface area (Å²) in [6, 6.07) is 15.8. The summed E-state index contributed by atoms with van der Waals surface area (Å²) < 4.78 is 28.4. The molecule has 0 saturated carbocycles. The molecule has 0 bridgehead atoms. The average molecular weight is 517 g/mol. The second-order valence-corrected chi connectivity index (χ2v) is 9.19. The lowest BCUT2D eigenvalue weighted by atomic mass is 10.1. The first kappa shape index (κ1) is 23.2. The Morgan fingerprint density at radius 3 is 2.16 bits per heavy atom. The van der Waals surface area contributed by atoms with Gasteiger partial charge in [-0.15, -0.1) is 0 Å². The van der Waals surface area contributed by atoms with Gasteiger partial charge in [-0.05, 0) is 77.5 Å². The summed E-state index contributed by atoms with van der Waals surface area (Å²) in [7, 11) is -4.08. The zero-order chi connectivity index (χ0) is 23.5. The SMILES string of the molecule is CC(=O)c1ccc(NS(=O)(=O)c2cc(C(=O)Nc3ccccc3C(=O)O)ccc2Br)cc1. The molecule has 0 fully saturated rings. The summed E-state index contributed by atoms with van der Waals surface area (Å²) >= 11 is 3.18. The van der Waals surface area contributed by atoms with Crippen LogP contribution in [0.25, 0.3) is 0 Å². The Morgan fingerprint density at radius 2 is 1.53 bits per heavy atom. The number of carboxylic acid groups (broad SMARTS) is 1. The summed E-state index contributed by atoms with van der Waals surface area (Å²) in [5.41, 5.74) is 0.685. The quantitative estimate of drug-likeness (QED) is 0.399. The topological polar surface area (TPSA) is 130 Å². The molecule has 0 atom stereocenters. The third-order valence-corrected chi connectivity index (χ3v) is 6.81. The van der Waals surface area contributed by atoms with Crippen molar-refractivity contribution in [3.05, 3.63) is 87.9 Å². The van der Waals surface area contributed by atoms with E-state index in [9.17, 15) is 27.9 Å². The number of para-hydroxylation sites is 1. The molecule has 0 unspecified atom stereocenters. The maximum absolute atomic E-state index is 12.9. The van der Waals surface area contributed by atoms with Gasteiger partial charge in [-0.2, -0.15) is 0 Å². The van der Waals surface area contributed by atoms with Gasteiger partial charge in [0.15, 0.2) is 5.78 Å². The molecule has 0 aromatic heterocycles. The fraction of sp³-hybridized carbons (Fsp3) is 0.0455. The minimum Gasteiger partial charge on any atom is -0.478 e. The van der Waals surface area contributed by atoms with Gasteiger partial charge < -0.3 is 10.4 Å². The van der Waals surface area contributed by atoms with Crippen molar-refractivity contribution in [1.29, 1.82) is 0 Å². The molecule has 0 aliphatic carbocycles. The molecule has 0 heterocycles. The van der Waals surface area contributed by atoms with Gasteiger partial charge in [0.2, 0.25) is 0 Å². The molecule has 32 heavy (non-hydrogen) atoms. The number of rotatable bonds is 7. The first-order chi connectivity index (χ1) is 15.1. The van der Waals surface area contributed by atoms with Gasteiger partial charge in [0.05, 0.1) is 11.3 Å². The molecule has 164 valence electrons. The standard InChI is InChI=1S/C22H17BrN2O6S/c1-13(26)14-6-9-16(10-7-14)25-32(30,31)20-12-15(8-11-18(20)23)21(27)24-19-5-3-2-4-17(19)22(28)29/h2-12,25H,1H3,(H,24,27)(H,28,29). The number of amides is 1. The van der Waals surface area contributed by atoms with Gasteiger partial charge in [-0.25, -0.2) is 13.2 Å². The number of ketones is 1. The van der Waals surface area contributed by atoms with Gasteiger partial charge in [0.25, 0.3) is 15.9 Å². The molecule has 3 aromatic carbocycles. The highest BCUT2D eigenvalue weighted by Crippen LogP contribution is 2.26. The van der Waals surface area contributed by atoms with Crippen LogP contribution in [0.5, 0.6) is 0 Å². The monoisotopic (exact) mass is 516 g/mol. The molecule has 0 aliphatic heterocycles. The second-order valence-electron chi connectivity index (χ2n) is 6.69. The predicted octanol–water partition coefficient (Wildman–Crippen LogP) is 4.40. The molecule has 0 saturated heterocycles. The van der Waals surface area contributed by atoms with Crippen LogP contribution in [0.2, 0.25) is 0 Å². The first-order valence-corrected chi connectivity index (χ1v) is 11.4. The van der Waals surface area contributed by atoms with Crippen LogP contribution in [0.4, 0.5) is 11.4 Å². The number of Topliss-reactive ketones (excluding diaryl/α,β-unsaturated/α-hetero) is 1. The van der Waals surface area contributed by atoms with E-state index in [4.69, 9.17) is 0 Å². The number of aromatic carboxylic acids is 1. The van der Waals surface area contributed by atoms with Gasteiger partial charge in [-0.1, -0.05) is 12.1 Å². The van der Waals surface area contributed by atoms with E-state index in [2.05, 4.69) is 26.0 Å². The van der Waals surface area contributed by atoms with Crippen LogP contribution in [0.15, 0.2) is 76.1 Å². The number of carbonyl (C=O) groups is 3. The van der Waals surface area contributed by atoms with Crippen LogP contribution < -0.4 is 10.0 Å². The predicted molar refractivity (Wildman–Crippen MR) is 123 cm³/mol. The highest BCUT2D eigenvalue weighted by molar-refractivity contribution is 9.10. The lowest BCUT2D eigenvalue weighted by Gasteiger charge is -2.12. The fourth-order valence-corrected chi connectivity index (χ4v) is 4.86. The number of sulfonamides is 1. The van der Waals surface area contributed by atoms with Gasteiger partial charge in [-0.3, -0.25) is 14.3 Å². The number of carbonyl (C=O) groups excluding carboxylic acids is 2. The van der Waals surface area contributed by atoms with Gasteiger partial charge in [0.1, 0.15) is 4.90 Å². The Bertz CT molecular complexity index is 1320. The van der Waals surface area contributed by atoms with Crippen LogP contribution in [0, 0.1) is 0 Å². The Balaban J connectivity index is 1.88. The van der Waals surface area contributed by atoms with Crippen molar-refractivity contribution in [2.45, 2.75) is 11.8 Å². The van der Waals surface area contributed by atoms with Crippen molar-refractivity contribution >= 4 is 55.0 Å². The third kappa shape index (κ3) is 5.21. The lowest BCUT2D eigenvalue weighted by molar-refractivity contribution is 0.0697. The molecule has 10 heteroatoms. The summed E-state index contributed by atoms with van der Waals surface area (Å²) in [5, 5.41) is 11.8.